The predicted octanol–water partition coefficient (Wildman–Crippen LogP) is 4.72. The van der Waals surface area contributed by atoms with Gasteiger partial charge in [-0.25, -0.2) is 9.67 Å². The van der Waals surface area contributed by atoms with E-state index in [0.29, 0.717) is 16.6 Å². The SMILES string of the molecule is CCC(CC)n1nnc2c(N3CCc4cc(C#N)cc(Cl)c43)nc(C)cc21. The van der Waals surface area contributed by atoms with Gasteiger partial charge in [-0.15, -0.1) is 5.10 Å². The van der Waals surface area contributed by atoms with E-state index in [9.17, 15) is 5.26 Å². The first kappa shape index (κ1) is 17.7. The van der Waals surface area contributed by atoms with Crippen molar-refractivity contribution >= 4 is 34.1 Å². The fourth-order valence-electron chi connectivity index (χ4n) is 3.91. The van der Waals surface area contributed by atoms with Gasteiger partial charge in [0.1, 0.15) is 0 Å². The molecule has 0 amide bonds. The summed E-state index contributed by atoms with van der Waals surface area (Å²) in [4.78, 5) is 6.89. The molecule has 7 heteroatoms. The van der Waals surface area contributed by atoms with E-state index in [1.165, 1.54) is 0 Å². The Morgan fingerprint density at radius 1 is 1.26 bits per heavy atom. The summed E-state index contributed by atoms with van der Waals surface area (Å²) in [6, 6.07) is 8.17. The van der Waals surface area contributed by atoms with Crippen molar-refractivity contribution in [2.24, 2.45) is 0 Å². The first-order valence-corrected chi connectivity index (χ1v) is 9.67. The highest BCUT2D eigenvalue weighted by molar-refractivity contribution is 6.34. The van der Waals surface area contributed by atoms with Crippen LogP contribution in [0.25, 0.3) is 11.0 Å². The van der Waals surface area contributed by atoms with Crippen LogP contribution in [0, 0.1) is 18.3 Å². The van der Waals surface area contributed by atoms with E-state index < -0.39 is 0 Å². The molecule has 0 spiro atoms. The van der Waals surface area contributed by atoms with E-state index in [1.807, 2.05) is 17.7 Å². The number of hydrogen-bond donors (Lipinski definition) is 0. The van der Waals surface area contributed by atoms with Crippen molar-refractivity contribution in [2.75, 3.05) is 11.4 Å². The molecule has 1 aliphatic rings. The third-order valence-electron chi connectivity index (χ3n) is 5.26. The second-order valence-electron chi connectivity index (χ2n) is 6.94. The number of benzene rings is 1. The van der Waals surface area contributed by atoms with Gasteiger partial charge in [0, 0.05) is 12.2 Å². The summed E-state index contributed by atoms with van der Waals surface area (Å²) in [6.45, 7) is 7.08. The Hall–Kier alpha value is -2.65. The van der Waals surface area contributed by atoms with Crippen LogP contribution in [0.5, 0.6) is 0 Å². The lowest BCUT2D eigenvalue weighted by Crippen LogP contribution is -2.16. The molecule has 138 valence electrons. The number of aryl methyl sites for hydroxylation is 1. The lowest BCUT2D eigenvalue weighted by molar-refractivity contribution is 0.430. The van der Waals surface area contributed by atoms with Gasteiger partial charge in [0.05, 0.1) is 33.9 Å². The minimum absolute atomic E-state index is 0.317. The lowest BCUT2D eigenvalue weighted by Gasteiger charge is -2.21. The van der Waals surface area contributed by atoms with Gasteiger partial charge in [-0.3, -0.25) is 0 Å². The normalized spacial score (nSPS) is 13.4. The molecular weight excluding hydrogens is 360 g/mol. The molecular formula is C20H21ClN6. The number of nitriles is 1. The number of aromatic nitrogens is 4. The summed E-state index contributed by atoms with van der Waals surface area (Å²) in [6.07, 6.45) is 2.82. The summed E-state index contributed by atoms with van der Waals surface area (Å²) in [7, 11) is 0. The molecule has 0 saturated carbocycles. The molecule has 0 unspecified atom stereocenters. The smallest absolute Gasteiger partial charge is 0.163 e. The number of fused-ring (bicyclic) bond motifs is 2. The van der Waals surface area contributed by atoms with Crippen molar-refractivity contribution in [3.8, 4) is 6.07 Å². The molecule has 27 heavy (non-hydrogen) atoms. The Morgan fingerprint density at radius 2 is 2.04 bits per heavy atom. The van der Waals surface area contributed by atoms with Gasteiger partial charge in [-0.1, -0.05) is 30.7 Å². The van der Waals surface area contributed by atoms with Gasteiger partial charge < -0.3 is 4.90 Å². The number of pyridine rings is 1. The summed E-state index contributed by atoms with van der Waals surface area (Å²) < 4.78 is 2.02. The molecule has 0 fully saturated rings. The van der Waals surface area contributed by atoms with Crippen molar-refractivity contribution in [3.63, 3.8) is 0 Å². The van der Waals surface area contributed by atoms with Gasteiger partial charge in [-0.05, 0) is 49.9 Å². The van der Waals surface area contributed by atoms with Gasteiger partial charge >= 0.3 is 0 Å². The van der Waals surface area contributed by atoms with Crippen molar-refractivity contribution in [3.05, 3.63) is 40.0 Å². The average molecular weight is 381 g/mol. The first-order chi connectivity index (χ1) is 13.1. The summed E-state index contributed by atoms with van der Waals surface area (Å²) >= 11 is 6.53. The monoisotopic (exact) mass is 380 g/mol. The van der Waals surface area contributed by atoms with Crippen molar-refractivity contribution in [1.82, 2.24) is 20.0 Å². The Bertz CT molecular complexity index is 1060. The van der Waals surface area contributed by atoms with E-state index in [4.69, 9.17) is 16.6 Å². The molecule has 0 bridgehead atoms. The van der Waals surface area contributed by atoms with Crippen LogP contribution in [0.1, 0.15) is 49.6 Å². The minimum Gasteiger partial charge on any atom is -0.323 e. The largest absolute Gasteiger partial charge is 0.323 e. The summed E-state index contributed by atoms with van der Waals surface area (Å²) in [5.41, 5.74) is 5.30. The van der Waals surface area contributed by atoms with Crippen LogP contribution in [0.2, 0.25) is 5.02 Å². The Balaban J connectivity index is 1.89. The van der Waals surface area contributed by atoms with Crippen LogP contribution in [0.4, 0.5) is 11.5 Å². The highest BCUT2D eigenvalue weighted by Crippen LogP contribution is 2.42. The summed E-state index contributed by atoms with van der Waals surface area (Å²) in [5.74, 6) is 0.785. The average Bonchev–Trinajstić information content (AvgIpc) is 3.27. The second kappa shape index (κ2) is 6.82. The minimum atomic E-state index is 0.317. The summed E-state index contributed by atoms with van der Waals surface area (Å²) in [5, 5.41) is 18.7. The zero-order valence-electron chi connectivity index (χ0n) is 15.7. The number of halogens is 1. The quantitative estimate of drug-likeness (QED) is 0.655. The lowest BCUT2D eigenvalue weighted by atomic mass is 10.1. The number of anilines is 2. The standard InChI is InChI=1S/C20H21ClN6/c1-4-15(5-2)27-17-8-12(3)23-20(18(17)24-25-27)26-7-6-14-9-13(11-22)10-16(21)19(14)26/h8-10,15H,4-7H2,1-3H3. The molecule has 1 aromatic carbocycles. The number of hydrogen-bond acceptors (Lipinski definition) is 5. The van der Waals surface area contributed by atoms with Crippen LogP contribution in [0.15, 0.2) is 18.2 Å². The molecule has 2 aromatic heterocycles. The van der Waals surface area contributed by atoms with Gasteiger partial charge in [-0.2, -0.15) is 5.26 Å². The van der Waals surface area contributed by atoms with Crippen molar-refractivity contribution in [2.45, 2.75) is 46.1 Å². The van der Waals surface area contributed by atoms with Crippen molar-refractivity contribution < 1.29 is 0 Å². The first-order valence-electron chi connectivity index (χ1n) is 9.29. The maximum absolute atomic E-state index is 9.20. The zero-order chi connectivity index (χ0) is 19.1. The maximum Gasteiger partial charge on any atom is 0.163 e. The van der Waals surface area contributed by atoms with Crippen LogP contribution in [-0.2, 0) is 6.42 Å². The third kappa shape index (κ3) is 2.83. The molecule has 0 N–H and O–H groups in total. The van der Waals surface area contributed by atoms with Crippen LogP contribution < -0.4 is 4.90 Å². The van der Waals surface area contributed by atoms with Crippen LogP contribution in [0.3, 0.4) is 0 Å². The van der Waals surface area contributed by atoms with Crippen LogP contribution >= 0.6 is 11.6 Å². The molecule has 1 aliphatic heterocycles. The highest BCUT2D eigenvalue weighted by atomic mass is 35.5. The molecule has 6 nitrogen and oxygen atoms in total. The molecule has 0 radical (unpaired) electrons. The number of rotatable bonds is 4. The topological polar surface area (TPSA) is 70.6 Å². The molecule has 3 heterocycles. The van der Waals surface area contributed by atoms with Crippen molar-refractivity contribution in [1.29, 1.82) is 5.26 Å². The second-order valence-corrected chi connectivity index (χ2v) is 7.35. The molecule has 0 aliphatic carbocycles. The fraction of sp³-hybridized carbons (Fsp3) is 0.400. The highest BCUT2D eigenvalue weighted by Gasteiger charge is 2.28. The maximum atomic E-state index is 9.20. The molecule has 0 atom stereocenters. The van der Waals surface area contributed by atoms with Gasteiger partial charge in [0.2, 0.25) is 0 Å². The van der Waals surface area contributed by atoms with E-state index in [0.717, 1.165) is 59.6 Å². The predicted molar refractivity (Wildman–Crippen MR) is 107 cm³/mol. The van der Waals surface area contributed by atoms with Crippen LogP contribution in [-0.4, -0.2) is 26.5 Å². The Labute approximate surface area is 163 Å². The zero-order valence-corrected chi connectivity index (χ0v) is 16.5. The van der Waals surface area contributed by atoms with E-state index >= 15 is 0 Å². The van der Waals surface area contributed by atoms with Gasteiger partial charge in [0.25, 0.3) is 0 Å². The third-order valence-corrected chi connectivity index (χ3v) is 5.55. The van der Waals surface area contributed by atoms with Gasteiger partial charge in [0.15, 0.2) is 11.3 Å². The fourth-order valence-corrected chi connectivity index (χ4v) is 4.25. The Morgan fingerprint density at radius 3 is 2.74 bits per heavy atom. The Kier molecular flexibility index (Phi) is 4.48. The van der Waals surface area contributed by atoms with E-state index in [-0.39, 0.29) is 0 Å². The number of nitrogens with zero attached hydrogens (tertiary/aromatic N) is 6. The molecule has 4 rings (SSSR count). The molecule has 3 aromatic rings. The molecule has 0 saturated heterocycles. The van der Waals surface area contributed by atoms with E-state index in [1.54, 1.807) is 6.07 Å². The van der Waals surface area contributed by atoms with E-state index in [2.05, 4.69) is 41.2 Å².